The molecule has 1 fully saturated rings. The summed E-state index contributed by atoms with van der Waals surface area (Å²) >= 11 is 0. The van der Waals surface area contributed by atoms with E-state index in [0.29, 0.717) is 23.7 Å². The number of anilines is 1. The molecule has 0 unspecified atom stereocenters. The van der Waals surface area contributed by atoms with E-state index < -0.39 is 11.7 Å². The molecule has 0 aliphatic carbocycles. The number of hydrogen-bond donors (Lipinski definition) is 2. The fraction of sp³-hybridized carbons (Fsp3) is 0.619. The number of rotatable bonds is 7. The molecule has 9 heteroatoms. The highest BCUT2D eigenvalue weighted by Gasteiger charge is 2.22. The normalized spacial score (nSPS) is 15.4. The second-order valence-electron chi connectivity index (χ2n) is 8.28. The smallest absolute Gasteiger partial charge is 0.412 e. The zero-order valence-corrected chi connectivity index (χ0v) is 18.8. The number of nitrogens with one attached hydrogen (secondary N) is 2. The Kier molecular flexibility index (Phi) is 8.31. The summed E-state index contributed by atoms with van der Waals surface area (Å²) in [4.78, 5) is 29.5. The molecular weight excluding hydrogens is 388 g/mol. The largest absolute Gasteiger partial charge is 0.496 e. The summed E-state index contributed by atoms with van der Waals surface area (Å²) in [5.74, 6) is 0.316. The lowest BCUT2D eigenvalue weighted by atomic mass is 10.1. The molecule has 2 rings (SSSR count). The van der Waals surface area contributed by atoms with Crippen LogP contribution in [0, 0.1) is 0 Å². The molecule has 30 heavy (non-hydrogen) atoms. The lowest BCUT2D eigenvalue weighted by Crippen LogP contribution is -2.46. The maximum absolute atomic E-state index is 12.8. The van der Waals surface area contributed by atoms with Gasteiger partial charge in [-0.05, 0) is 27.8 Å². The summed E-state index contributed by atoms with van der Waals surface area (Å²) in [6.07, 6.45) is -0.601. The van der Waals surface area contributed by atoms with Gasteiger partial charge in [0.25, 0.3) is 5.91 Å². The van der Waals surface area contributed by atoms with Crippen molar-refractivity contribution in [1.82, 2.24) is 15.1 Å². The van der Waals surface area contributed by atoms with Crippen LogP contribution in [0.25, 0.3) is 0 Å². The van der Waals surface area contributed by atoms with Crippen LogP contribution in [0.3, 0.4) is 0 Å². The lowest BCUT2D eigenvalue weighted by Gasteiger charge is -2.32. The Hall–Kier alpha value is -2.52. The minimum Gasteiger partial charge on any atom is -0.496 e. The summed E-state index contributed by atoms with van der Waals surface area (Å²) in [6.45, 7) is 10.7. The molecule has 0 bridgehead atoms. The Morgan fingerprint density at radius 2 is 1.60 bits per heavy atom. The van der Waals surface area contributed by atoms with E-state index in [0.717, 1.165) is 32.7 Å². The molecule has 2 N–H and O–H groups in total. The average Bonchev–Trinajstić information content (AvgIpc) is 2.67. The summed E-state index contributed by atoms with van der Waals surface area (Å²) in [7, 11) is 5.04. The standard InChI is InChI=1S/C21H34N4O5/c1-21(2,3)30-20(27)23-15-13-16(28-5)18(17(14-15)29-6)19(26)22-7-8-25-11-9-24(4)10-12-25/h13-14H,7-12H2,1-6H3,(H,22,26)(H,23,27). The van der Waals surface area contributed by atoms with Crippen LogP contribution in [0.4, 0.5) is 10.5 Å². The van der Waals surface area contributed by atoms with E-state index in [2.05, 4.69) is 27.5 Å². The van der Waals surface area contributed by atoms with Crippen molar-refractivity contribution in [2.45, 2.75) is 26.4 Å². The molecule has 0 aromatic heterocycles. The van der Waals surface area contributed by atoms with Gasteiger partial charge in [-0.2, -0.15) is 0 Å². The van der Waals surface area contributed by atoms with Gasteiger partial charge >= 0.3 is 6.09 Å². The third-order valence-electron chi connectivity index (χ3n) is 4.69. The quantitative estimate of drug-likeness (QED) is 0.695. The molecule has 0 saturated carbocycles. The first-order chi connectivity index (χ1) is 14.1. The first kappa shape index (κ1) is 23.8. The Morgan fingerprint density at radius 1 is 1.03 bits per heavy atom. The Morgan fingerprint density at radius 3 is 2.10 bits per heavy atom. The molecular formula is C21H34N4O5. The third-order valence-corrected chi connectivity index (χ3v) is 4.69. The topological polar surface area (TPSA) is 92.4 Å². The van der Waals surface area contributed by atoms with Crippen LogP contribution in [0.1, 0.15) is 31.1 Å². The second-order valence-corrected chi connectivity index (χ2v) is 8.28. The van der Waals surface area contributed by atoms with Crippen LogP contribution in [0.2, 0.25) is 0 Å². The second kappa shape index (κ2) is 10.5. The van der Waals surface area contributed by atoms with Crippen LogP contribution >= 0.6 is 0 Å². The molecule has 9 nitrogen and oxygen atoms in total. The van der Waals surface area contributed by atoms with E-state index in [-0.39, 0.29) is 11.5 Å². The van der Waals surface area contributed by atoms with E-state index in [4.69, 9.17) is 14.2 Å². The van der Waals surface area contributed by atoms with Gasteiger partial charge in [0, 0.05) is 51.4 Å². The van der Waals surface area contributed by atoms with Crippen molar-refractivity contribution in [2.75, 3.05) is 65.9 Å². The number of carbonyl (C=O) groups excluding carboxylic acids is 2. The van der Waals surface area contributed by atoms with Crippen LogP contribution in [0.15, 0.2) is 12.1 Å². The number of likely N-dealkylation sites (N-methyl/N-ethyl adjacent to an activating group) is 1. The number of piperazine rings is 1. The van der Waals surface area contributed by atoms with Crippen LogP contribution in [-0.2, 0) is 4.74 Å². The molecule has 2 amide bonds. The van der Waals surface area contributed by atoms with Gasteiger partial charge in [0.15, 0.2) is 0 Å². The maximum atomic E-state index is 12.8. The van der Waals surface area contributed by atoms with Gasteiger partial charge < -0.3 is 24.4 Å². The first-order valence-electron chi connectivity index (χ1n) is 10.1. The van der Waals surface area contributed by atoms with Crippen molar-refractivity contribution in [3.8, 4) is 11.5 Å². The summed E-state index contributed by atoms with van der Waals surface area (Å²) < 4.78 is 16.0. The predicted octanol–water partition coefficient (Wildman–Crippen LogP) is 2.03. The van der Waals surface area contributed by atoms with E-state index in [9.17, 15) is 9.59 Å². The molecule has 168 valence electrons. The molecule has 1 aromatic carbocycles. The Balaban J connectivity index is 2.05. The molecule has 0 spiro atoms. The first-order valence-corrected chi connectivity index (χ1v) is 10.1. The number of hydrogen-bond acceptors (Lipinski definition) is 7. The van der Waals surface area contributed by atoms with Crippen LogP contribution in [0.5, 0.6) is 11.5 Å². The molecule has 0 atom stereocenters. The highest BCUT2D eigenvalue weighted by molar-refractivity contribution is 6.01. The number of benzene rings is 1. The van der Waals surface area contributed by atoms with E-state index in [1.54, 1.807) is 32.9 Å². The number of amides is 2. The highest BCUT2D eigenvalue weighted by atomic mass is 16.6. The monoisotopic (exact) mass is 422 g/mol. The lowest BCUT2D eigenvalue weighted by molar-refractivity contribution is 0.0635. The van der Waals surface area contributed by atoms with E-state index in [1.165, 1.54) is 14.2 Å². The van der Waals surface area contributed by atoms with Gasteiger partial charge in [0.2, 0.25) is 0 Å². The van der Waals surface area contributed by atoms with E-state index in [1.807, 2.05) is 0 Å². The summed E-state index contributed by atoms with van der Waals surface area (Å²) in [6, 6.07) is 3.14. The molecule has 1 heterocycles. The van der Waals surface area contributed by atoms with E-state index >= 15 is 0 Å². The highest BCUT2D eigenvalue weighted by Crippen LogP contribution is 2.33. The fourth-order valence-electron chi connectivity index (χ4n) is 3.12. The molecule has 0 radical (unpaired) electrons. The predicted molar refractivity (Wildman–Crippen MR) is 116 cm³/mol. The minimum absolute atomic E-state index is 0.285. The van der Waals surface area contributed by atoms with Crippen LogP contribution < -0.4 is 20.1 Å². The Labute approximate surface area is 178 Å². The number of carbonyl (C=O) groups is 2. The maximum Gasteiger partial charge on any atom is 0.412 e. The van der Waals surface area contributed by atoms with Crippen molar-refractivity contribution in [3.63, 3.8) is 0 Å². The Bertz CT molecular complexity index is 714. The molecule has 1 aliphatic rings. The molecule has 1 saturated heterocycles. The summed E-state index contributed by atoms with van der Waals surface area (Å²) in [5.41, 5.74) is 0.0713. The molecule has 1 aromatic rings. The number of nitrogens with zero attached hydrogens (tertiary/aromatic N) is 2. The van der Waals surface area contributed by atoms with Crippen molar-refractivity contribution < 1.29 is 23.8 Å². The SMILES string of the molecule is COc1cc(NC(=O)OC(C)(C)C)cc(OC)c1C(=O)NCCN1CCN(C)CC1. The van der Waals surface area contributed by atoms with Crippen molar-refractivity contribution >= 4 is 17.7 Å². The zero-order chi connectivity index (χ0) is 22.3. The van der Waals surface area contributed by atoms with Crippen LogP contribution in [-0.4, -0.2) is 87.9 Å². The van der Waals surface area contributed by atoms with Gasteiger partial charge in [-0.3, -0.25) is 15.0 Å². The van der Waals surface area contributed by atoms with Crippen molar-refractivity contribution in [3.05, 3.63) is 17.7 Å². The van der Waals surface area contributed by atoms with Gasteiger partial charge in [-0.1, -0.05) is 0 Å². The van der Waals surface area contributed by atoms with Crippen molar-refractivity contribution in [2.24, 2.45) is 0 Å². The summed E-state index contributed by atoms with van der Waals surface area (Å²) in [5, 5.41) is 5.57. The van der Waals surface area contributed by atoms with Gasteiger partial charge in [0.05, 0.1) is 19.9 Å². The number of methoxy groups -OCH3 is 2. The van der Waals surface area contributed by atoms with Gasteiger partial charge in [0.1, 0.15) is 22.7 Å². The third kappa shape index (κ3) is 7.07. The van der Waals surface area contributed by atoms with Crippen molar-refractivity contribution in [1.29, 1.82) is 0 Å². The number of ether oxygens (including phenoxy) is 3. The van der Waals surface area contributed by atoms with Gasteiger partial charge in [-0.15, -0.1) is 0 Å². The van der Waals surface area contributed by atoms with Gasteiger partial charge in [-0.25, -0.2) is 4.79 Å². The minimum atomic E-state index is -0.623. The average molecular weight is 423 g/mol. The fourth-order valence-corrected chi connectivity index (χ4v) is 3.12. The molecule has 1 aliphatic heterocycles. The zero-order valence-electron chi connectivity index (χ0n) is 18.8.